The molecule has 1 fully saturated rings. The first-order valence-electron chi connectivity index (χ1n) is 7.29. The highest BCUT2D eigenvalue weighted by Crippen LogP contribution is 2.29. The van der Waals surface area contributed by atoms with Gasteiger partial charge in [0.2, 0.25) is 10.0 Å². The van der Waals surface area contributed by atoms with E-state index < -0.39 is 10.0 Å². The number of sulfonamides is 1. The highest BCUT2D eigenvalue weighted by Gasteiger charge is 2.25. The molecule has 112 valence electrons. The van der Waals surface area contributed by atoms with Crippen LogP contribution >= 0.6 is 0 Å². The van der Waals surface area contributed by atoms with E-state index in [1.807, 2.05) is 19.1 Å². The fraction of sp³-hybridized carbons (Fsp3) is 0.600. The van der Waals surface area contributed by atoms with Gasteiger partial charge in [-0.15, -0.1) is 0 Å². The Bertz CT molecular complexity index is 525. The topological polar surface area (TPSA) is 72.2 Å². The van der Waals surface area contributed by atoms with E-state index in [4.69, 9.17) is 5.73 Å². The molecule has 20 heavy (non-hydrogen) atoms. The van der Waals surface area contributed by atoms with Gasteiger partial charge in [-0.2, -0.15) is 0 Å². The van der Waals surface area contributed by atoms with E-state index in [9.17, 15) is 8.42 Å². The van der Waals surface area contributed by atoms with Crippen LogP contribution in [0, 0.1) is 18.8 Å². The minimum Gasteiger partial charge on any atom is -0.330 e. The Morgan fingerprint density at radius 2 is 1.75 bits per heavy atom. The average Bonchev–Trinajstić information content (AvgIpc) is 2.46. The van der Waals surface area contributed by atoms with Gasteiger partial charge in [0, 0.05) is 6.54 Å². The molecule has 0 saturated heterocycles. The Morgan fingerprint density at radius 3 is 2.35 bits per heavy atom. The van der Waals surface area contributed by atoms with Gasteiger partial charge >= 0.3 is 0 Å². The van der Waals surface area contributed by atoms with Gasteiger partial charge in [-0.05, 0) is 50.3 Å². The van der Waals surface area contributed by atoms with Gasteiger partial charge in [-0.1, -0.05) is 30.5 Å². The number of aryl methyl sites for hydroxylation is 1. The minimum absolute atomic E-state index is 0.336. The van der Waals surface area contributed by atoms with Gasteiger partial charge in [0.1, 0.15) is 0 Å². The maximum Gasteiger partial charge on any atom is 0.240 e. The second-order valence-corrected chi connectivity index (χ2v) is 7.47. The molecule has 1 saturated carbocycles. The Labute approximate surface area is 121 Å². The summed E-state index contributed by atoms with van der Waals surface area (Å²) in [5, 5.41) is 0. The largest absolute Gasteiger partial charge is 0.330 e. The molecule has 0 amide bonds. The molecule has 0 radical (unpaired) electrons. The number of nitrogens with one attached hydrogen (secondary N) is 1. The zero-order chi connectivity index (χ0) is 14.6. The monoisotopic (exact) mass is 296 g/mol. The first-order chi connectivity index (χ1) is 9.53. The lowest BCUT2D eigenvalue weighted by Gasteiger charge is -2.30. The SMILES string of the molecule is Cc1ccc(S(=O)(=O)NCC2CCCCC2CN)cc1. The molecule has 2 rings (SSSR count). The van der Waals surface area contributed by atoms with Gasteiger partial charge < -0.3 is 5.73 Å². The van der Waals surface area contributed by atoms with E-state index >= 15 is 0 Å². The van der Waals surface area contributed by atoms with Crippen LogP contribution in [0.25, 0.3) is 0 Å². The van der Waals surface area contributed by atoms with Crippen molar-refractivity contribution in [1.82, 2.24) is 4.72 Å². The molecule has 1 aromatic rings. The van der Waals surface area contributed by atoms with E-state index in [1.54, 1.807) is 12.1 Å². The van der Waals surface area contributed by atoms with E-state index in [2.05, 4.69) is 4.72 Å². The van der Waals surface area contributed by atoms with Crippen molar-refractivity contribution in [2.45, 2.75) is 37.5 Å². The van der Waals surface area contributed by atoms with Crippen LogP contribution in [0.3, 0.4) is 0 Å². The van der Waals surface area contributed by atoms with Crippen LogP contribution in [0.15, 0.2) is 29.2 Å². The first-order valence-corrected chi connectivity index (χ1v) is 8.77. The average molecular weight is 296 g/mol. The third kappa shape index (κ3) is 3.81. The summed E-state index contributed by atoms with van der Waals surface area (Å²) in [6, 6.07) is 6.94. The molecular formula is C15H24N2O2S. The van der Waals surface area contributed by atoms with Crippen molar-refractivity contribution >= 4 is 10.0 Å². The first kappa shape index (κ1) is 15.5. The van der Waals surface area contributed by atoms with Crippen LogP contribution in [0.2, 0.25) is 0 Å². The second kappa shape index (κ2) is 6.70. The van der Waals surface area contributed by atoms with Crippen molar-refractivity contribution in [2.24, 2.45) is 17.6 Å². The smallest absolute Gasteiger partial charge is 0.240 e. The fourth-order valence-corrected chi connectivity index (χ4v) is 3.98. The molecule has 1 aliphatic rings. The Balaban J connectivity index is 1.99. The van der Waals surface area contributed by atoms with E-state index in [0.29, 0.717) is 29.8 Å². The summed E-state index contributed by atoms with van der Waals surface area (Å²) in [6.07, 6.45) is 4.57. The van der Waals surface area contributed by atoms with E-state index in [0.717, 1.165) is 18.4 Å². The lowest BCUT2D eigenvalue weighted by atomic mass is 9.79. The van der Waals surface area contributed by atoms with E-state index in [-0.39, 0.29) is 0 Å². The molecular weight excluding hydrogens is 272 g/mol. The lowest BCUT2D eigenvalue weighted by molar-refractivity contribution is 0.244. The number of nitrogens with two attached hydrogens (primary N) is 1. The number of hydrogen-bond acceptors (Lipinski definition) is 3. The van der Waals surface area contributed by atoms with Crippen molar-refractivity contribution in [3.63, 3.8) is 0 Å². The van der Waals surface area contributed by atoms with Gasteiger partial charge in [0.25, 0.3) is 0 Å². The fourth-order valence-electron chi connectivity index (χ4n) is 2.88. The van der Waals surface area contributed by atoms with Crippen LogP contribution in [0.5, 0.6) is 0 Å². The molecule has 2 atom stereocenters. The summed E-state index contributed by atoms with van der Waals surface area (Å²) in [4.78, 5) is 0.336. The quantitative estimate of drug-likeness (QED) is 0.873. The minimum atomic E-state index is -3.40. The van der Waals surface area contributed by atoms with Crippen LogP contribution in [-0.2, 0) is 10.0 Å². The van der Waals surface area contributed by atoms with Crippen molar-refractivity contribution in [3.8, 4) is 0 Å². The summed E-state index contributed by atoms with van der Waals surface area (Å²) in [6.45, 7) is 3.09. The van der Waals surface area contributed by atoms with Crippen molar-refractivity contribution in [2.75, 3.05) is 13.1 Å². The highest BCUT2D eigenvalue weighted by atomic mass is 32.2. The third-order valence-corrected chi connectivity index (χ3v) is 5.68. The van der Waals surface area contributed by atoms with Crippen LogP contribution < -0.4 is 10.5 Å². The maximum absolute atomic E-state index is 12.2. The van der Waals surface area contributed by atoms with Crippen LogP contribution in [0.4, 0.5) is 0 Å². The summed E-state index contributed by atoms with van der Waals surface area (Å²) in [7, 11) is -3.40. The second-order valence-electron chi connectivity index (χ2n) is 5.71. The van der Waals surface area contributed by atoms with E-state index in [1.165, 1.54) is 12.8 Å². The summed E-state index contributed by atoms with van der Waals surface area (Å²) in [5.74, 6) is 0.818. The molecule has 0 aliphatic heterocycles. The summed E-state index contributed by atoms with van der Waals surface area (Å²) in [5.41, 5.74) is 6.84. The summed E-state index contributed by atoms with van der Waals surface area (Å²) < 4.78 is 27.2. The number of rotatable bonds is 5. The normalized spacial score (nSPS) is 23.7. The third-order valence-electron chi connectivity index (χ3n) is 4.24. The van der Waals surface area contributed by atoms with Gasteiger partial charge in [0.05, 0.1) is 4.90 Å². The molecule has 0 bridgehead atoms. The lowest BCUT2D eigenvalue weighted by Crippen LogP contribution is -2.36. The Hall–Kier alpha value is -0.910. The van der Waals surface area contributed by atoms with Gasteiger partial charge in [0.15, 0.2) is 0 Å². The Kier molecular flexibility index (Phi) is 5.18. The predicted octanol–water partition coefficient (Wildman–Crippen LogP) is 2.04. The number of benzene rings is 1. The molecule has 0 spiro atoms. The maximum atomic E-state index is 12.2. The van der Waals surface area contributed by atoms with Crippen LogP contribution in [-0.4, -0.2) is 21.5 Å². The molecule has 2 unspecified atom stereocenters. The van der Waals surface area contributed by atoms with Crippen LogP contribution in [0.1, 0.15) is 31.2 Å². The zero-order valence-electron chi connectivity index (χ0n) is 12.0. The molecule has 0 heterocycles. The molecule has 3 N–H and O–H groups in total. The summed E-state index contributed by atoms with van der Waals surface area (Å²) >= 11 is 0. The molecule has 4 nitrogen and oxygen atoms in total. The highest BCUT2D eigenvalue weighted by molar-refractivity contribution is 7.89. The Morgan fingerprint density at radius 1 is 1.15 bits per heavy atom. The standard InChI is InChI=1S/C15H24N2O2S/c1-12-6-8-15(9-7-12)20(18,19)17-11-14-5-3-2-4-13(14)10-16/h6-9,13-14,17H,2-5,10-11,16H2,1H3. The molecule has 5 heteroatoms. The van der Waals surface area contributed by atoms with Crippen molar-refractivity contribution in [3.05, 3.63) is 29.8 Å². The predicted molar refractivity (Wildman–Crippen MR) is 80.9 cm³/mol. The zero-order valence-corrected chi connectivity index (χ0v) is 12.8. The van der Waals surface area contributed by atoms with Gasteiger partial charge in [-0.25, -0.2) is 13.1 Å². The number of hydrogen-bond donors (Lipinski definition) is 2. The molecule has 0 aromatic heterocycles. The molecule has 1 aromatic carbocycles. The van der Waals surface area contributed by atoms with Crippen molar-refractivity contribution < 1.29 is 8.42 Å². The van der Waals surface area contributed by atoms with Crippen molar-refractivity contribution in [1.29, 1.82) is 0 Å². The molecule has 1 aliphatic carbocycles. The van der Waals surface area contributed by atoms with Gasteiger partial charge in [-0.3, -0.25) is 0 Å².